The average Bonchev–Trinajstić information content (AvgIpc) is 3.34. The van der Waals surface area contributed by atoms with Gasteiger partial charge in [0.15, 0.2) is 0 Å². The number of piperidine rings is 1. The minimum atomic E-state index is -0.0890. The molecule has 3 heterocycles. The first-order chi connectivity index (χ1) is 12.3. The summed E-state index contributed by atoms with van der Waals surface area (Å²) in [7, 11) is 0. The molecular weight excluding hydrogens is 336 g/mol. The number of rotatable bonds is 3. The quantitative estimate of drug-likeness (QED) is 0.765. The Morgan fingerprint density at radius 3 is 2.92 bits per heavy atom. The third kappa shape index (κ3) is 3.56. The minimum absolute atomic E-state index is 0.0801. The van der Waals surface area contributed by atoms with Crippen LogP contribution in [-0.4, -0.2) is 34.2 Å². The number of hydrogen-bond acceptors (Lipinski definition) is 5. The molecule has 1 fully saturated rings. The van der Waals surface area contributed by atoms with Gasteiger partial charge in [-0.25, -0.2) is 4.79 Å². The third-order valence-electron chi connectivity index (χ3n) is 4.27. The predicted octanol–water partition coefficient (Wildman–Crippen LogP) is 4.21. The predicted molar refractivity (Wildman–Crippen MR) is 96.6 cm³/mol. The number of hydrogen-bond donors (Lipinski definition) is 1. The molecule has 0 saturated carbocycles. The summed E-state index contributed by atoms with van der Waals surface area (Å²) in [5, 5.41) is 9.00. The van der Waals surface area contributed by atoms with Gasteiger partial charge in [0.2, 0.25) is 11.7 Å². The van der Waals surface area contributed by atoms with Crippen molar-refractivity contribution < 1.29 is 9.32 Å². The highest BCUT2D eigenvalue weighted by Gasteiger charge is 2.28. The summed E-state index contributed by atoms with van der Waals surface area (Å²) in [6.45, 7) is 1.33. The van der Waals surface area contributed by atoms with Crippen LogP contribution in [-0.2, 0) is 0 Å². The van der Waals surface area contributed by atoms with Crippen molar-refractivity contribution in [2.45, 2.75) is 18.8 Å². The van der Waals surface area contributed by atoms with Crippen molar-refractivity contribution in [3.63, 3.8) is 0 Å². The van der Waals surface area contributed by atoms with Crippen molar-refractivity contribution in [2.24, 2.45) is 0 Å². The Labute approximate surface area is 149 Å². The second-order valence-electron chi connectivity index (χ2n) is 6.01. The number of nitrogens with one attached hydrogen (secondary N) is 1. The molecular formula is C18H18N4O2S. The Morgan fingerprint density at radius 2 is 2.12 bits per heavy atom. The normalized spacial score (nSPS) is 17.4. The summed E-state index contributed by atoms with van der Waals surface area (Å²) in [6.07, 6.45) is 1.87. The zero-order chi connectivity index (χ0) is 17.1. The minimum Gasteiger partial charge on any atom is -0.339 e. The van der Waals surface area contributed by atoms with Crippen LogP contribution in [0.3, 0.4) is 0 Å². The van der Waals surface area contributed by atoms with Crippen LogP contribution in [0, 0.1) is 0 Å². The summed E-state index contributed by atoms with van der Waals surface area (Å²) in [5.74, 6) is 1.31. The van der Waals surface area contributed by atoms with Crippen molar-refractivity contribution >= 4 is 23.1 Å². The summed E-state index contributed by atoms with van der Waals surface area (Å²) < 4.78 is 5.46. The summed E-state index contributed by atoms with van der Waals surface area (Å²) in [5.41, 5.74) is 0.799. The number of amides is 2. The van der Waals surface area contributed by atoms with Gasteiger partial charge < -0.3 is 14.7 Å². The van der Waals surface area contributed by atoms with Gasteiger partial charge in [0.25, 0.3) is 0 Å². The van der Waals surface area contributed by atoms with Crippen LogP contribution < -0.4 is 5.32 Å². The van der Waals surface area contributed by atoms with Crippen LogP contribution in [0.25, 0.3) is 10.7 Å². The molecule has 0 unspecified atom stereocenters. The number of likely N-dealkylation sites (tertiary alicyclic amines) is 1. The highest BCUT2D eigenvalue weighted by molar-refractivity contribution is 7.13. The fraction of sp³-hybridized carbons (Fsp3) is 0.278. The van der Waals surface area contributed by atoms with Crippen LogP contribution in [0.1, 0.15) is 24.7 Å². The molecule has 2 aromatic heterocycles. The third-order valence-corrected chi connectivity index (χ3v) is 5.13. The van der Waals surface area contributed by atoms with Crippen LogP contribution in [0.2, 0.25) is 0 Å². The first kappa shape index (κ1) is 15.8. The number of carbonyl (C=O) groups is 1. The Morgan fingerprint density at radius 1 is 1.24 bits per heavy atom. The van der Waals surface area contributed by atoms with Crippen LogP contribution >= 0.6 is 11.3 Å². The molecule has 1 N–H and O–H groups in total. The van der Waals surface area contributed by atoms with Gasteiger partial charge in [0.1, 0.15) is 0 Å². The topological polar surface area (TPSA) is 71.3 Å². The van der Waals surface area contributed by atoms with E-state index in [1.165, 1.54) is 0 Å². The van der Waals surface area contributed by atoms with Crippen molar-refractivity contribution in [3.05, 3.63) is 53.7 Å². The van der Waals surface area contributed by atoms with Gasteiger partial charge in [-0.1, -0.05) is 29.4 Å². The van der Waals surface area contributed by atoms with E-state index in [9.17, 15) is 4.79 Å². The van der Waals surface area contributed by atoms with E-state index in [4.69, 9.17) is 4.52 Å². The van der Waals surface area contributed by atoms with Gasteiger partial charge in [0.05, 0.1) is 10.8 Å². The van der Waals surface area contributed by atoms with Gasteiger partial charge >= 0.3 is 6.03 Å². The fourth-order valence-electron chi connectivity index (χ4n) is 2.99. The number of para-hydroxylation sites is 1. The van der Waals surface area contributed by atoms with Crippen LogP contribution in [0.15, 0.2) is 52.4 Å². The van der Waals surface area contributed by atoms with E-state index in [0.29, 0.717) is 18.3 Å². The molecule has 2 amide bonds. The maximum absolute atomic E-state index is 12.5. The Balaban J connectivity index is 1.43. The second kappa shape index (κ2) is 7.06. The van der Waals surface area contributed by atoms with Crippen molar-refractivity contribution in [1.82, 2.24) is 15.0 Å². The Kier molecular flexibility index (Phi) is 4.47. The molecule has 1 saturated heterocycles. The smallest absolute Gasteiger partial charge is 0.321 e. The van der Waals surface area contributed by atoms with E-state index in [2.05, 4.69) is 15.5 Å². The van der Waals surface area contributed by atoms with Gasteiger partial charge in [-0.15, -0.1) is 11.3 Å². The van der Waals surface area contributed by atoms with Gasteiger partial charge in [0, 0.05) is 18.8 Å². The van der Waals surface area contributed by atoms with Crippen molar-refractivity contribution in [2.75, 3.05) is 18.4 Å². The lowest BCUT2D eigenvalue weighted by atomic mass is 9.98. The number of anilines is 1. The molecule has 6 nitrogen and oxygen atoms in total. The van der Waals surface area contributed by atoms with Crippen molar-refractivity contribution in [3.8, 4) is 10.7 Å². The van der Waals surface area contributed by atoms with Crippen LogP contribution in [0.5, 0.6) is 0 Å². The SMILES string of the molecule is O=C(Nc1ccccc1)N1CCC[C@@H](c2nc(-c3cccs3)no2)C1. The first-order valence-corrected chi connectivity index (χ1v) is 9.16. The molecule has 3 aromatic rings. The second-order valence-corrected chi connectivity index (χ2v) is 6.96. The summed E-state index contributed by atoms with van der Waals surface area (Å²) >= 11 is 1.58. The zero-order valence-electron chi connectivity index (χ0n) is 13.6. The molecule has 1 aliphatic rings. The van der Waals surface area contributed by atoms with Gasteiger partial charge in [-0.2, -0.15) is 4.98 Å². The number of benzene rings is 1. The summed E-state index contributed by atoms with van der Waals surface area (Å²) in [4.78, 5) is 19.8. The maximum Gasteiger partial charge on any atom is 0.321 e. The molecule has 0 radical (unpaired) electrons. The molecule has 1 aliphatic heterocycles. The summed E-state index contributed by atoms with van der Waals surface area (Å²) in [6, 6.07) is 13.3. The number of aromatic nitrogens is 2. The van der Waals surface area contributed by atoms with Crippen molar-refractivity contribution in [1.29, 1.82) is 0 Å². The standard InChI is InChI=1S/C18H18N4O2S/c23-18(19-14-7-2-1-3-8-14)22-10-4-6-13(12-22)17-20-16(21-24-17)15-9-5-11-25-15/h1-3,5,7-9,11,13H,4,6,10,12H2,(H,19,23)/t13-/m1/s1. The number of carbonyl (C=O) groups excluding carboxylic acids is 1. The molecule has 0 spiro atoms. The Hall–Kier alpha value is -2.67. The molecule has 0 aliphatic carbocycles. The largest absolute Gasteiger partial charge is 0.339 e. The Bertz CT molecular complexity index is 832. The number of thiophene rings is 1. The molecule has 0 bridgehead atoms. The molecule has 1 atom stereocenters. The van der Waals surface area contributed by atoms with E-state index < -0.39 is 0 Å². The van der Waals surface area contributed by atoms with Gasteiger partial charge in [-0.3, -0.25) is 0 Å². The zero-order valence-corrected chi connectivity index (χ0v) is 14.4. The van der Waals surface area contributed by atoms with Gasteiger partial charge in [-0.05, 0) is 36.4 Å². The molecule has 128 valence electrons. The fourth-order valence-corrected chi connectivity index (χ4v) is 3.64. The maximum atomic E-state index is 12.5. The van der Waals surface area contributed by atoms with E-state index in [0.717, 1.165) is 30.0 Å². The lowest BCUT2D eigenvalue weighted by Gasteiger charge is -2.31. The van der Waals surface area contributed by atoms with E-state index in [1.54, 1.807) is 11.3 Å². The number of nitrogens with zero attached hydrogens (tertiary/aromatic N) is 3. The lowest BCUT2D eigenvalue weighted by molar-refractivity contribution is 0.184. The van der Waals surface area contributed by atoms with E-state index in [-0.39, 0.29) is 11.9 Å². The molecule has 1 aromatic carbocycles. The lowest BCUT2D eigenvalue weighted by Crippen LogP contribution is -2.41. The molecule has 7 heteroatoms. The van der Waals surface area contributed by atoms with Crippen LogP contribution in [0.4, 0.5) is 10.5 Å². The number of urea groups is 1. The average molecular weight is 354 g/mol. The highest BCUT2D eigenvalue weighted by atomic mass is 32.1. The molecule has 25 heavy (non-hydrogen) atoms. The monoisotopic (exact) mass is 354 g/mol. The van der Waals surface area contributed by atoms with E-state index >= 15 is 0 Å². The molecule has 4 rings (SSSR count). The first-order valence-electron chi connectivity index (χ1n) is 8.28. The van der Waals surface area contributed by atoms with E-state index in [1.807, 2.05) is 52.7 Å². The highest BCUT2D eigenvalue weighted by Crippen LogP contribution is 2.29.